The van der Waals surface area contributed by atoms with Crippen LogP contribution in [0, 0.1) is 0 Å². The number of fused-ring (bicyclic) bond motifs is 3. The van der Waals surface area contributed by atoms with E-state index in [0.717, 1.165) is 162 Å². The van der Waals surface area contributed by atoms with Crippen LogP contribution in [0.4, 0.5) is 0 Å². The Hall–Kier alpha value is -4.66. The van der Waals surface area contributed by atoms with Gasteiger partial charge in [-0.2, -0.15) is 0 Å². The summed E-state index contributed by atoms with van der Waals surface area (Å²) in [7, 11) is 0. The minimum absolute atomic E-state index is 0.637. The standard InChI is InChI=1S/C70H94Br2O6/c1-7-13-19-25-47-73-65-53(31-33-55-37-41-61-59(67(55)75-49-27-21-15-9-3)43-45-63(71)69(61)77-51-29-23-17-11-5)35-40-58-57(65)39-36-54(66(58)74-48-26-20-14-8-2)32-34-56-38-42-62-60(68(56)76-50-28-22-16-10-4)44-46-64(72)70(62)78-52-30-24-18-12-6/h31-46H,7-30,47-52H2,1-6H3/b33-31+,34-32+. The van der Waals surface area contributed by atoms with Crippen LogP contribution in [0.3, 0.4) is 0 Å². The highest BCUT2D eigenvalue weighted by molar-refractivity contribution is 9.11. The third-order valence-electron chi connectivity index (χ3n) is 14.7. The van der Waals surface area contributed by atoms with Crippen LogP contribution >= 0.6 is 31.9 Å². The number of ether oxygens (including phenoxy) is 6. The predicted molar refractivity (Wildman–Crippen MR) is 343 cm³/mol. The van der Waals surface area contributed by atoms with Crippen LogP contribution in [0.25, 0.3) is 56.6 Å². The SMILES string of the molecule is CCCCCCOc1c(Br)ccc2c(OCCCCCC)c(/C=C/c3ccc4c(OCCCCCC)c(/C=C/c5ccc6c(OCCCCCC)c(Br)ccc6c5OCCCCCC)ccc4c3OCCCCCC)ccc12. The quantitative estimate of drug-likeness (QED) is 0.0282. The van der Waals surface area contributed by atoms with Crippen molar-refractivity contribution in [2.45, 2.75) is 196 Å². The molecule has 0 N–H and O–H groups in total. The van der Waals surface area contributed by atoms with E-state index >= 15 is 0 Å². The van der Waals surface area contributed by atoms with E-state index in [0.29, 0.717) is 39.6 Å². The molecule has 0 aliphatic heterocycles. The molecule has 6 nitrogen and oxygen atoms in total. The monoisotopic (exact) mass is 1190 g/mol. The Morgan fingerprint density at radius 3 is 0.654 bits per heavy atom. The van der Waals surface area contributed by atoms with E-state index in [1.807, 2.05) is 0 Å². The molecule has 0 heterocycles. The molecule has 0 bridgehead atoms. The van der Waals surface area contributed by atoms with Gasteiger partial charge in [0.05, 0.1) is 48.6 Å². The van der Waals surface area contributed by atoms with E-state index in [1.54, 1.807) is 0 Å². The fourth-order valence-corrected chi connectivity index (χ4v) is 11.0. The molecule has 0 aliphatic carbocycles. The van der Waals surface area contributed by atoms with Gasteiger partial charge in [0.2, 0.25) is 0 Å². The Kier molecular flexibility index (Phi) is 28.7. The third kappa shape index (κ3) is 18.7. The molecule has 0 atom stereocenters. The lowest BCUT2D eigenvalue weighted by Gasteiger charge is -2.18. The van der Waals surface area contributed by atoms with Crippen LogP contribution in [0.5, 0.6) is 34.5 Å². The summed E-state index contributed by atoms with van der Waals surface area (Å²) < 4.78 is 42.4. The minimum Gasteiger partial charge on any atom is -0.492 e. The molecule has 0 fully saturated rings. The van der Waals surface area contributed by atoms with Crippen LogP contribution < -0.4 is 28.4 Å². The average molecular weight is 1190 g/mol. The van der Waals surface area contributed by atoms with Gasteiger partial charge in [-0.3, -0.25) is 0 Å². The first-order valence-electron chi connectivity index (χ1n) is 30.6. The Morgan fingerprint density at radius 2 is 0.436 bits per heavy atom. The number of halogens is 2. The fraction of sp³-hybridized carbons (Fsp3) is 0.514. The van der Waals surface area contributed by atoms with Crippen molar-refractivity contribution in [1.29, 1.82) is 0 Å². The van der Waals surface area contributed by atoms with E-state index in [1.165, 1.54) is 89.9 Å². The molecule has 0 aromatic heterocycles. The van der Waals surface area contributed by atoms with Gasteiger partial charge >= 0.3 is 0 Å². The first-order valence-corrected chi connectivity index (χ1v) is 32.2. The maximum atomic E-state index is 6.93. The predicted octanol–water partition coefficient (Wildman–Crippen LogP) is 22.8. The maximum absolute atomic E-state index is 6.93. The van der Waals surface area contributed by atoms with Crippen molar-refractivity contribution < 1.29 is 28.4 Å². The van der Waals surface area contributed by atoms with Crippen molar-refractivity contribution in [2.24, 2.45) is 0 Å². The summed E-state index contributed by atoms with van der Waals surface area (Å²) in [5.41, 5.74) is 4.08. The Bertz CT molecular complexity index is 2590. The number of hydrogen-bond acceptors (Lipinski definition) is 6. The molecule has 6 rings (SSSR count). The van der Waals surface area contributed by atoms with Crippen LogP contribution in [0.1, 0.15) is 218 Å². The van der Waals surface area contributed by atoms with Crippen LogP contribution in [0.15, 0.2) is 81.7 Å². The zero-order valence-corrected chi connectivity index (χ0v) is 51.8. The summed E-state index contributed by atoms with van der Waals surface area (Å²) in [6.45, 7) is 17.5. The molecule has 0 unspecified atom stereocenters. The highest BCUT2D eigenvalue weighted by Crippen LogP contribution is 2.44. The van der Waals surface area contributed by atoms with Crippen molar-refractivity contribution in [2.75, 3.05) is 39.6 Å². The van der Waals surface area contributed by atoms with Gasteiger partial charge < -0.3 is 28.4 Å². The summed E-state index contributed by atoms with van der Waals surface area (Å²) in [6.07, 6.45) is 36.2. The summed E-state index contributed by atoms with van der Waals surface area (Å²) in [5.74, 6) is 5.28. The molecule has 0 radical (unpaired) electrons. The number of benzene rings is 6. The van der Waals surface area contributed by atoms with Gasteiger partial charge in [0.15, 0.2) is 0 Å². The van der Waals surface area contributed by atoms with Crippen LogP contribution in [-0.4, -0.2) is 39.6 Å². The average Bonchev–Trinajstić information content (AvgIpc) is 3.49. The zero-order valence-electron chi connectivity index (χ0n) is 48.7. The van der Waals surface area contributed by atoms with E-state index < -0.39 is 0 Å². The van der Waals surface area contributed by atoms with Gasteiger partial charge in [-0.15, -0.1) is 0 Å². The highest BCUT2D eigenvalue weighted by Gasteiger charge is 2.19. The molecule has 0 spiro atoms. The lowest BCUT2D eigenvalue weighted by atomic mass is 9.98. The number of rotatable bonds is 40. The molecule has 6 aromatic rings. The molecule has 0 saturated carbocycles. The van der Waals surface area contributed by atoms with Gasteiger partial charge in [-0.25, -0.2) is 0 Å². The Labute approximate surface area is 487 Å². The van der Waals surface area contributed by atoms with Crippen molar-refractivity contribution in [3.63, 3.8) is 0 Å². The van der Waals surface area contributed by atoms with Gasteiger partial charge in [0.25, 0.3) is 0 Å². The van der Waals surface area contributed by atoms with Crippen molar-refractivity contribution in [1.82, 2.24) is 0 Å². The van der Waals surface area contributed by atoms with Gasteiger partial charge in [-0.1, -0.05) is 206 Å². The largest absolute Gasteiger partial charge is 0.492 e. The molecular weight excluding hydrogens is 1100 g/mol. The smallest absolute Gasteiger partial charge is 0.141 e. The Morgan fingerprint density at radius 1 is 0.244 bits per heavy atom. The number of hydrogen-bond donors (Lipinski definition) is 0. The molecule has 0 saturated heterocycles. The molecular formula is C70H94Br2O6. The second-order valence-corrected chi connectivity index (χ2v) is 22.8. The van der Waals surface area contributed by atoms with E-state index in [2.05, 4.69) is 171 Å². The zero-order chi connectivity index (χ0) is 55.2. The minimum atomic E-state index is 0.637. The van der Waals surface area contributed by atoms with Gasteiger partial charge in [0.1, 0.15) is 34.5 Å². The molecule has 6 aromatic carbocycles. The summed E-state index contributed by atoms with van der Waals surface area (Å²) in [6, 6.07) is 26.2. The topological polar surface area (TPSA) is 55.4 Å². The molecule has 78 heavy (non-hydrogen) atoms. The van der Waals surface area contributed by atoms with Crippen molar-refractivity contribution in [3.8, 4) is 34.5 Å². The molecule has 0 aliphatic rings. The maximum Gasteiger partial charge on any atom is 0.141 e. The third-order valence-corrected chi connectivity index (χ3v) is 15.9. The Balaban J connectivity index is 1.43. The molecule has 424 valence electrons. The van der Waals surface area contributed by atoms with E-state index in [9.17, 15) is 0 Å². The van der Waals surface area contributed by atoms with E-state index in [4.69, 9.17) is 28.4 Å². The van der Waals surface area contributed by atoms with Crippen LogP contribution in [0.2, 0.25) is 0 Å². The second-order valence-electron chi connectivity index (χ2n) is 21.1. The first-order chi connectivity index (χ1) is 38.4. The summed E-state index contributed by atoms with van der Waals surface area (Å²) in [4.78, 5) is 0. The lowest BCUT2D eigenvalue weighted by molar-refractivity contribution is 0.304. The van der Waals surface area contributed by atoms with Gasteiger partial charge in [-0.05, 0) is 119 Å². The highest BCUT2D eigenvalue weighted by atomic mass is 79.9. The normalized spacial score (nSPS) is 11.7. The lowest BCUT2D eigenvalue weighted by Crippen LogP contribution is -2.03. The molecule has 0 amide bonds. The second kappa shape index (κ2) is 35.8. The summed E-state index contributed by atoms with van der Waals surface area (Å²) in [5, 5.41) is 6.31. The van der Waals surface area contributed by atoms with E-state index in [-0.39, 0.29) is 0 Å². The van der Waals surface area contributed by atoms with Crippen LogP contribution in [-0.2, 0) is 0 Å². The summed E-state index contributed by atoms with van der Waals surface area (Å²) >= 11 is 7.65. The molecule has 8 heteroatoms. The first kappa shape index (κ1) is 62.5. The fourth-order valence-electron chi connectivity index (χ4n) is 10.1. The van der Waals surface area contributed by atoms with Crippen molar-refractivity contribution >= 4 is 88.5 Å². The number of unbranched alkanes of at least 4 members (excludes halogenated alkanes) is 18. The van der Waals surface area contributed by atoms with Gasteiger partial charge in [0, 0.05) is 54.6 Å². The van der Waals surface area contributed by atoms with Crippen molar-refractivity contribution in [3.05, 3.63) is 104 Å².